The van der Waals surface area contributed by atoms with E-state index in [0.29, 0.717) is 19.4 Å². The maximum atomic E-state index is 11.5. The van der Waals surface area contributed by atoms with Gasteiger partial charge in [-0.2, -0.15) is 0 Å². The quantitative estimate of drug-likeness (QED) is 0.495. The van der Waals surface area contributed by atoms with Crippen LogP contribution in [0.2, 0.25) is 0 Å². The normalized spacial score (nSPS) is 14.2. The number of ether oxygens (including phenoxy) is 1. The van der Waals surface area contributed by atoms with Crippen molar-refractivity contribution in [3.8, 4) is 0 Å². The lowest BCUT2D eigenvalue weighted by Crippen LogP contribution is -2.48. The number of rotatable bonds is 8. The minimum absolute atomic E-state index is 0.313. The molecule has 0 saturated carbocycles. The lowest BCUT2D eigenvalue weighted by atomic mass is 10.1. The molecule has 0 radical (unpaired) electrons. The molecule has 6 nitrogen and oxygen atoms in total. The van der Waals surface area contributed by atoms with Gasteiger partial charge in [-0.1, -0.05) is 0 Å². The molecule has 0 aromatic heterocycles. The molecule has 0 bridgehead atoms. The molecule has 0 saturated heterocycles. The average molecular weight is 232 g/mol. The number of nitrogens with one attached hydrogen (secondary N) is 2. The smallest absolute Gasteiger partial charge is 0.326 e. The summed E-state index contributed by atoms with van der Waals surface area (Å²) in [5, 5.41) is 14.1. The van der Waals surface area contributed by atoms with E-state index < -0.39 is 18.1 Å². The maximum absolute atomic E-state index is 11.5. The van der Waals surface area contributed by atoms with Crippen LogP contribution >= 0.6 is 0 Å². The van der Waals surface area contributed by atoms with Crippen molar-refractivity contribution in [3.63, 3.8) is 0 Å². The zero-order valence-electron chi connectivity index (χ0n) is 9.95. The monoisotopic (exact) mass is 232 g/mol. The fourth-order valence-electron chi connectivity index (χ4n) is 1.12. The summed E-state index contributed by atoms with van der Waals surface area (Å²) in [6, 6.07) is -1.25. The molecule has 2 unspecified atom stereocenters. The first-order valence-corrected chi connectivity index (χ1v) is 5.22. The number of carbonyl (C=O) groups excluding carboxylic acids is 1. The van der Waals surface area contributed by atoms with Gasteiger partial charge in [0.15, 0.2) is 0 Å². The number of methoxy groups -OCH3 is 1. The first-order chi connectivity index (χ1) is 7.52. The van der Waals surface area contributed by atoms with Gasteiger partial charge in [-0.25, -0.2) is 4.79 Å². The molecule has 1 amide bonds. The molecule has 0 heterocycles. The van der Waals surface area contributed by atoms with Gasteiger partial charge in [-0.3, -0.25) is 4.79 Å². The minimum atomic E-state index is -1.02. The molecule has 0 aromatic carbocycles. The Hall–Kier alpha value is -1.14. The third-order valence-electron chi connectivity index (χ3n) is 2.28. The number of likely N-dealkylation sites (N-methyl/N-ethyl adjacent to an activating group) is 1. The second-order valence-corrected chi connectivity index (χ2v) is 3.54. The summed E-state index contributed by atoms with van der Waals surface area (Å²) in [6.45, 7) is 2.16. The Labute approximate surface area is 95.4 Å². The van der Waals surface area contributed by atoms with Crippen molar-refractivity contribution < 1.29 is 19.4 Å². The number of carboxylic acids is 1. The summed E-state index contributed by atoms with van der Waals surface area (Å²) in [5.41, 5.74) is 0. The number of hydrogen-bond acceptors (Lipinski definition) is 4. The highest BCUT2D eigenvalue weighted by molar-refractivity contribution is 5.86. The molecular weight excluding hydrogens is 212 g/mol. The third-order valence-corrected chi connectivity index (χ3v) is 2.28. The van der Waals surface area contributed by atoms with Crippen LogP contribution in [0, 0.1) is 0 Å². The first-order valence-electron chi connectivity index (χ1n) is 5.22. The van der Waals surface area contributed by atoms with E-state index in [9.17, 15) is 9.59 Å². The lowest BCUT2D eigenvalue weighted by molar-refractivity contribution is -0.142. The second kappa shape index (κ2) is 8.06. The molecule has 0 aliphatic heterocycles. The molecular formula is C10H20N2O4. The van der Waals surface area contributed by atoms with E-state index in [0.717, 1.165) is 0 Å². The van der Waals surface area contributed by atoms with Crippen LogP contribution in [0.25, 0.3) is 0 Å². The highest BCUT2D eigenvalue weighted by Gasteiger charge is 2.21. The molecule has 0 aliphatic rings. The van der Waals surface area contributed by atoms with Crippen LogP contribution in [0.1, 0.15) is 19.8 Å². The van der Waals surface area contributed by atoms with E-state index in [1.165, 1.54) is 0 Å². The predicted octanol–water partition coefficient (Wildman–Crippen LogP) is -0.410. The minimum Gasteiger partial charge on any atom is -0.480 e. The number of carboxylic acid groups (broad SMARTS) is 1. The Morgan fingerprint density at radius 3 is 2.50 bits per heavy atom. The Balaban J connectivity index is 4.12. The van der Waals surface area contributed by atoms with Gasteiger partial charge >= 0.3 is 5.97 Å². The molecule has 2 atom stereocenters. The Morgan fingerprint density at radius 2 is 2.06 bits per heavy atom. The van der Waals surface area contributed by atoms with Gasteiger partial charge in [0.05, 0.1) is 6.04 Å². The van der Waals surface area contributed by atoms with Crippen LogP contribution in [0.3, 0.4) is 0 Å². The standard InChI is InChI=1S/C10H20N2O4/c1-7(11-2)9(13)12-8(10(14)15)5-4-6-16-3/h7-8,11H,4-6H2,1-3H3,(H,12,13)(H,14,15). The molecule has 0 aliphatic carbocycles. The van der Waals surface area contributed by atoms with Gasteiger partial charge in [-0.15, -0.1) is 0 Å². The van der Waals surface area contributed by atoms with Gasteiger partial charge in [-0.05, 0) is 26.8 Å². The fraction of sp³-hybridized carbons (Fsp3) is 0.800. The van der Waals surface area contributed by atoms with Crippen molar-refractivity contribution in [1.29, 1.82) is 0 Å². The Kier molecular flexibility index (Phi) is 7.49. The fourth-order valence-corrected chi connectivity index (χ4v) is 1.12. The van der Waals surface area contributed by atoms with E-state index in [1.807, 2.05) is 0 Å². The van der Waals surface area contributed by atoms with Crippen LogP contribution in [-0.4, -0.2) is 49.8 Å². The van der Waals surface area contributed by atoms with Crippen molar-refractivity contribution in [2.24, 2.45) is 0 Å². The topological polar surface area (TPSA) is 87.7 Å². The van der Waals surface area contributed by atoms with Gasteiger partial charge in [0.25, 0.3) is 0 Å². The van der Waals surface area contributed by atoms with Crippen LogP contribution in [0.15, 0.2) is 0 Å². The van der Waals surface area contributed by atoms with Crippen LogP contribution < -0.4 is 10.6 Å². The van der Waals surface area contributed by atoms with Gasteiger partial charge in [0, 0.05) is 13.7 Å². The van der Waals surface area contributed by atoms with Gasteiger partial charge in [0.2, 0.25) is 5.91 Å². The van der Waals surface area contributed by atoms with E-state index in [4.69, 9.17) is 9.84 Å². The predicted molar refractivity (Wildman–Crippen MR) is 59.2 cm³/mol. The molecule has 16 heavy (non-hydrogen) atoms. The largest absolute Gasteiger partial charge is 0.480 e. The lowest BCUT2D eigenvalue weighted by Gasteiger charge is -2.17. The van der Waals surface area contributed by atoms with Crippen molar-refractivity contribution in [2.75, 3.05) is 20.8 Å². The zero-order valence-corrected chi connectivity index (χ0v) is 9.95. The van der Waals surface area contributed by atoms with E-state index in [2.05, 4.69) is 10.6 Å². The van der Waals surface area contributed by atoms with Gasteiger partial charge < -0.3 is 20.5 Å². The average Bonchev–Trinajstić information content (AvgIpc) is 2.26. The Bertz CT molecular complexity index is 233. The zero-order chi connectivity index (χ0) is 12.6. The Morgan fingerprint density at radius 1 is 1.44 bits per heavy atom. The molecule has 94 valence electrons. The second-order valence-electron chi connectivity index (χ2n) is 3.54. The summed E-state index contributed by atoms with van der Waals surface area (Å²) < 4.78 is 4.83. The number of hydrogen-bond donors (Lipinski definition) is 3. The maximum Gasteiger partial charge on any atom is 0.326 e. The molecule has 0 spiro atoms. The van der Waals surface area contributed by atoms with Crippen molar-refractivity contribution in [3.05, 3.63) is 0 Å². The first kappa shape index (κ1) is 14.9. The van der Waals surface area contributed by atoms with Crippen molar-refractivity contribution >= 4 is 11.9 Å². The highest BCUT2D eigenvalue weighted by Crippen LogP contribution is 1.99. The molecule has 6 heteroatoms. The van der Waals surface area contributed by atoms with Crippen LogP contribution in [-0.2, 0) is 14.3 Å². The molecule has 0 fully saturated rings. The summed E-state index contributed by atoms with van der Waals surface area (Å²) >= 11 is 0. The van der Waals surface area contributed by atoms with E-state index in [-0.39, 0.29) is 5.91 Å². The van der Waals surface area contributed by atoms with Crippen molar-refractivity contribution in [2.45, 2.75) is 31.8 Å². The third kappa shape index (κ3) is 5.67. The summed E-state index contributed by atoms with van der Waals surface area (Å²) in [6.07, 6.45) is 0.965. The SMILES string of the molecule is CNC(C)C(=O)NC(CCCOC)C(=O)O. The van der Waals surface area contributed by atoms with E-state index >= 15 is 0 Å². The number of carbonyl (C=O) groups is 2. The summed E-state index contributed by atoms with van der Waals surface area (Å²) in [5.74, 6) is -1.33. The van der Waals surface area contributed by atoms with Gasteiger partial charge in [0.1, 0.15) is 6.04 Å². The summed E-state index contributed by atoms with van der Waals surface area (Å²) in [7, 11) is 3.20. The number of amides is 1. The van der Waals surface area contributed by atoms with Crippen molar-refractivity contribution in [1.82, 2.24) is 10.6 Å². The van der Waals surface area contributed by atoms with Crippen LogP contribution in [0.4, 0.5) is 0 Å². The van der Waals surface area contributed by atoms with E-state index in [1.54, 1.807) is 21.1 Å². The van der Waals surface area contributed by atoms with Crippen LogP contribution in [0.5, 0.6) is 0 Å². The highest BCUT2D eigenvalue weighted by atomic mass is 16.5. The summed E-state index contributed by atoms with van der Waals surface area (Å²) in [4.78, 5) is 22.3. The molecule has 0 rings (SSSR count). The number of aliphatic carboxylic acids is 1. The molecule has 3 N–H and O–H groups in total. The molecule has 0 aromatic rings.